The zero-order chi connectivity index (χ0) is 15.3. The van der Waals surface area contributed by atoms with E-state index in [1.807, 2.05) is 45.0 Å². The smallest absolute Gasteiger partial charge is 0.244 e. The minimum Gasteiger partial charge on any atom is -0.390 e. The van der Waals surface area contributed by atoms with Crippen LogP contribution in [0.1, 0.15) is 32.0 Å². The fourth-order valence-electron chi connectivity index (χ4n) is 2.29. The number of benzene rings is 1. The van der Waals surface area contributed by atoms with Gasteiger partial charge in [0, 0.05) is 11.1 Å². The Balaban J connectivity index is 1.96. The normalized spacial score (nSPS) is 15.1. The summed E-state index contributed by atoms with van der Waals surface area (Å²) in [6, 6.07) is 7.84. The minimum atomic E-state index is -0.391. The quantitative estimate of drug-likeness (QED) is 0.502. The lowest BCUT2D eigenvalue weighted by atomic mass is 10.1. The van der Waals surface area contributed by atoms with E-state index in [2.05, 4.69) is 30.1 Å². The highest BCUT2D eigenvalue weighted by Gasteiger charge is 2.30. The fraction of sp³-hybridized carbons (Fsp3) is 0.267. The second kappa shape index (κ2) is 4.33. The molecule has 3 aromatic rings. The molecule has 0 N–H and O–H groups in total. The Hall–Kier alpha value is -2.83. The third kappa shape index (κ3) is 1.93. The van der Waals surface area contributed by atoms with Crippen LogP contribution in [0.2, 0.25) is 0 Å². The first kappa shape index (κ1) is 12.9. The van der Waals surface area contributed by atoms with E-state index in [4.69, 9.17) is 4.84 Å². The van der Waals surface area contributed by atoms with E-state index in [1.54, 1.807) is 0 Å². The van der Waals surface area contributed by atoms with Crippen LogP contribution in [-0.4, -0.2) is 31.6 Å². The summed E-state index contributed by atoms with van der Waals surface area (Å²) in [5.74, 6) is 0. The molecule has 0 unspecified atom stereocenters. The SMILES string of the molecule is CC(C)(C)O/N=C1/c2ccccc2-c2nc3nonc3nc21. The molecule has 0 bridgehead atoms. The molecule has 22 heavy (non-hydrogen) atoms. The molecule has 1 aromatic carbocycles. The molecule has 0 saturated carbocycles. The molecule has 0 saturated heterocycles. The molecule has 2 aromatic heterocycles. The second-order valence-electron chi connectivity index (χ2n) is 6.02. The highest BCUT2D eigenvalue weighted by Crippen LogP contribution is 2.35. The van der Waals surface area contributed by atoms with Crippen LogP contribution in [0.5, 0.6) is 0 Å². The summed E-state index contributed by atoms with van der Waals surface area (Å²) in [5, 5.41) is 11.8. The number of fused-ring (bicyclic) bond motifs is 4. The monoisotopic (exact) mass is 295 g/mol. The van der Waals surface area contributed by atoms with Crippen molar-refractivity contribution in [1.82, 2.24) is 20.3 Å². The van der Waals surface area contributed by atoms with Crippen LogP contribution in [0.4, 0.5) is 0 Å². The van der Waals surface area contributed by atoms with Gasteiger partial charge in [-0.05, 0) is 31.1 Å². The van der Waals surface area contributed by atoms with Gasteiger partial charge < -0.3 is 4.84 Å². The van der Waals surface area contributed by atoms with Crippen LogP contribution in [0, 0.1) is 0 Å². The van der Waals surface area contributed by atoms with E-state index in [9.17, 15) is 0 Å². The van der Waals surface area contributed by atoms with Gasteiger partial charge in [0.05, 0.1) is 0 Å². The maximum Gasteiger partial charge on any atom is 0.244 e. The number of nitrogens with zero attached hydrogens (tertiary/aromatic N) is 5. The highest BCUT2D eigenvalue weighted by atomic mass is 16.6. The number of rotatable bonds is 1. The predicted molar refractivity (Wildman–Crippen MR) is 79.3 cm³/mol. The van der Waals surface area contributed by atoms with Gasteiger partial charge in [0.15, 0.2) is 0 Å². The van der Waals surface area contributed by atoms with Crippen LogP contribution in [-0.2, 0) is 4.84 Å². The van der Waals surface area contributed by atoms with Crippen LogP contribution >= 0.6 is 0 Å². The van der Waals surface area contributed by atoms with E-state index in [1.165, 1.54) is 0 Å². The van der Waals surface area contributed by atoms with Gasteiger partial charge in [-0.1, -0.05) is 29.4 Å². The van der Waals surface area contributed by atoms with Gasteiger partial charge >= 0.3 is 0 Å². The Labute approximate surface area is 126 Å². The summed E-state index contributed by atoms with van der Waals surface area (Å²) in [6.07, 6.45) is 0. The van der Waals surface area contributed by atoms with Gasteiger partial charge in [0.2, 0.25) is 11.3 Å². The molecule has 0 aliphatic heterocycles. The first-order valence-corrected chi connectivity index (χ1v) is 6.89. The molecule has 7 heteroatoms. The first-order valence-electron chi connectivity index (χ1n) is 6.89. The van der Waals surface area contributed by atoms with Gasteiger partial charge in [-0.25, -0.2) is 14.6 Å². The van der Waals surface area contributed by atoms with Crippen LogP contribution < -0.4 is 0 Å². The topological polar surface area (TPSA) is 86.3 Å². The summed E-state index contributed by atoms with van der Waals surface area (Å²) >= 11 is 0. The molecule has 7 nitrogen and oxygen atoms in total. The van der Waals surface area contributed by atoms with Crippen LogP contribution in [0.25, 0.3) is 22.6 Å². The van der Waals surface area contributed by atoms with E-state index >= 15 is 0 Å². The van der Waals surface area contributed by atoms with E-state index < -0.39 is 5.60 Å². The Kier molecular flexibility index (Phi) is 2.53. The van der Waals surface area contributed by atoms with E-state index in [-0.39, 0.29) is 0 Å². The molecule has 4 rings (SSSR count). The molecule has 0 fully saturated rings. The van der Waals surface area contributed by atoms with Crippen molar-refractivity contribution >= 4 is 17.0 Å². The molecule has 0 spiro atoms. The van der Waals surface area contributed by atoms with Gasteiger partial charge in [0.25, 0.3) is 0 Å². The molecule has 0 atom stereocenters. The Morgan fingerprint density at radius 1 is 0.955 bits per heavy atom. The van der Waals surface area contributed by atoms with Crippen LogP contribution in [0.15, 0.2) is 34.1 Å². The van der Waals surface area contributed by atoms with Crippen molar-refractivity contribution < 1.29 is 9.47 Å². The molecule has 1 aliphatic rings. The lowest BCUT2D eigenvalue weighted by molar-refractivity contribution is 0.00118. The second-order valence-corrected chi connectivity index (χ2v) is 6.02. The summed E-state index contributed by atoms with van der Waals surface area (Å²) in [7, 11) is 0. The molecule has 0 amide bonds. The van der Waals surface area contributed by atoms with Gasteiger partial charge in [-0.15, -0.1) is 0 Å². The van der Waals surface area contributed by atoms with Crippen molar-refractivity contribution in [2.24, 2.45) is 5.16 Å². The average molecular weight is 295 g/mol. The predicted octanol–water partition coefficient (Wildman–Crippen LogP) is 2.56. The van der Waals surface area contributed by atoms with Crippen molar-refractivity contribution in [3.63, 3.8) is 0 Å². The lowest BCUT2D eigenvalue weighted by Crippen LogP contribution is -2.17. The third-order valence-corrected chi connectivity index (χ3v) is 3.19. The van der Waals surface area contributed by atoms with Crippen molar-refractivity contribution in [2.45, 2.75) is 26.4 Å². The third-order valence-electron chi connectivity index (χ3n) is 3.19. The molecule has 110 valence electrons. The zero-order valence-electron chi connectivity index (χ0n) is 12.4. The first-order chi connectivity index (χ1) is 10.5. The van der Waals surface area contributed by atoms with Crippen molar-refractivity contribution in [3.8, 4) is 11.3 Å². The fourth-order valence-corrected chi connectivity index (χ4v) is 2.29. The van der Waals surface area contributed by atoms with Crippen molar-refractivity contribution in [1.29, 1.82) is 0 Å². The standard InChI is InChI=1S/C15H13N5O2/c1-15(2,3)21-18-11-9-7-5-4-6-8(9)10-12(11)17-14-13(16-10)19-22-20-14/h4-7H,1-3H3/b18-11-. The van der Waals surface area contributed by atoms with Crippen molar-refractivity contribution in [3.05, 3.63) is 35.5 Å². The zero-order valence-corrected chi connectivity index (χ0v) is 12.4. The van der Waals surface area contributed by atoms with E-state index in [0.29, 0.717) is 22.7 Å². The highest BCUT2D eigenvalue weighted by molar-refractivity contribution is 6.23. The minimum absolute atomic E-state index is 0.356. The Morgan fingerprint density at radius 2 is 1.59 bits per heavy atom. The molecule has 0 radical (unpaired) electrons. The summed E-state index contributed by atoms with van der Waals surface area (Å²) in [4.78, 5) is 14.5. The summed E-state index contributed by atoms with van der Waals surface area (Å²) < 4.78 is 4.68. The number of hydrogen-bond acceptors (Lipinski definition) is 7. The largest absolute Gasteiger partial charge is 0.390 e. The molecule has 2 heterocycles. The van der Waals surface area contributed by atoms with Crippen molar-refractivity contribution in [2.75, 3.05) is 0 Å². The summed E-state index contributed by atoms with van der Waals surface area (Å²) in [6.45, 7) is 5.82. The Morgan fingerprint density at radius 3 is 2.27 bits per heavy atom. The van der Waals surface area contributed by atoms with Gasteiger partial charge in [-0.2, -0.15) is 0 Å². The van der Waals surface area contributed by atoms with Gasteiger partial charge in [-0.3, -0.25) is 0 Å². The number of aromatic nitrogens is 4. The molecule has 1 aliphatic carbocycles. The van der Waals surface area contributed by atoms with Gasteiger partial charge in [0.1, 0.15) is 22.7 Å². The lowest BCUT2D eigenvalue weighted by Gasteiger charge is -2.16. The maximum atomic E-state index is 5.58. The number of hydrogen-bond donors (Lipinski definition) is 0. The number of oxime groups is 1. The maximum absolute atomic E-state index is 5.58. The van der Waals surface area contributed by atoms with Crippen LogP contribution in [0.3, 0.4) is 0 Å². The summed E-state index contributed by atoms with van der Waals surface area (Å²) in [5.41, 5.74) is 4.23. The average Bonchev–Trinajstić information content (AvgIpc) is 3.04. The Bertz CT molecular complexity index is 908. The molecular formula is C15H13N5O2. The van der Waals surface area contributed by atoms with E-state index in [0.717, 1.165) is 16.8 Å². The molecular weight excluding hydrogens is 282 g/mol.